The molecule has 2 aromatic heterocycles. The minimum atomic E-state index is -2.96. The lowest BCUT2D eigenvalue weighted by Gasteiger charge is -2.25. The molecule has 0 bridgehead atoms. The number of aliphatic imine (C=N–C) groups is 1. The van der Waals surface area contributed by atoms with Crippen LogP contribution in [0.25, 0.3) is 0 Å². The van der Waals surface area contributed by atoms with Gasteiger partial charge in [-0.05, 0) is 31.5 Å². The second-order valence-corrected chi connectivity index (χ2v) is 8.51. The first kappa shape index (κ1) is 23.5. The molecule has 34 heavy (non-hydrogen) atoms. The maximum Gasteiger partial charge on any atom is 0.278 e. The van der Waals surface area contributed by atoms with E-state index in [4.69, 9.17) is 4.74 Å². The minimum Gasteiger partial charge on any atom is -0.471 e. The number of rotatable bonds is 8. The second kappa shape index (κ2) is 9.28. The Hall–Kier alpha value is -3.69. The summed E-state index contributed by atoms with van der Waals surface area (Å²) in [6.45, 7) is 4.10. The highest BCUT2D eigenvalue weighted by molar-refractivity contribution is 6.04. The van der Waals surface area contributed by atoms with Gasteiger partial charge in [0.2, 0.25) is 5.88 Å². The number of nitrogens with one attached hydrogen (secondary N) is 1. The number of hydrogen-bond acceptors (Lipinski definition) is 6. The third kappa shape index (κ3) is 4.95. The summed E-state index contributed by atoms with van der Waals surface area (Å²) < 4.78 is 31.3. The van der Waals surface area contributed by atoms with Gasteiger partial charge in [-0.3, -0.25) is 19.6 Å². The van der Waals surface area contributed by atoms with Crippen LogP contribution in [0.1, 0.15) is 63.8 Å². The molecule has 10 heteroatoms. The Bertz CT molecular complexity index is 1190. The Balaban J connectivity index is 1.48. The first-order valence-electron chi connectivity index (χ1n) is 10.9. The molecule has 4 heterocycles. The smallest absolute Gasteiger partial charge is 0.278 e. The van der Waals surface area contributed by atoms with Gasteiger partial charge in [0.25, 0.3) is 17.7 Å². The number of aryl methyl sites for hydroxylation is 1. The van der Waals surface area contributed by atoms with Gasteiger partial charge in [0.15, 0.2) is 6.61 Å². The van der Waals surface area contributed by atoms with Crippen molar-refractivity contribution in [3.05, 3.63) is 64.8 Å². The van der Waals surface area contributed by atoms with E-state index in [1.807, 2.05) is 13.0 Å². The topological polar surface area (TPSA) is 96.8 Å². The van der Waals surface area contributed by atoms with Crippen molar-refractivity contribution < 1.29 is 23.1 Å². The van der Waals surface area contributed by atoms with Crippen molar-refractivity contribution in [3.63, 3.8) is 0 Å². The van der Waals surface area contributed by atoms with Crippen molar-refractivity contribution >= 4 is 17.5 Å². The standard InChI is InChI=1S/C24H25F2N5O3/c1-14-9-16(10-30-22(14)34-13-24(3,25)26)15(2)31-12-19-18(23(31)33)6-8-28-20(19)21(32)29-11-17-5-4-7-27-17/h4,6-10,15H,5,11-13H2,1-3H3,(H,29,32). The number of carbonyl (C=O) groups is 2. The highest BCUT2D eigenvalue weighted by Crippen LogP contribution is 2.33. The first-order chi connectivity index (χ1) is 16.1. The van der Waals surface area contributed by atoms with Crippen molar-refractivity contribution in [2.75, 3.05) is 13.2 Å². The van der Waals surface area contributed by atoms with E-state index in [1.54, 1.807) is 30.2 Å². The largest absolute Gasteiger partial charge is 0.471 e. The van der Waals surface area contributed by atoms with Gasteiger partial charge in [-0.15, -0.1) is 0 Å². The molecule has 0 aliphatic carbocycles. The molecule has 0 saturated carbocycles. The fraction of sp³-hybridized carbons (Fsp3) is 0.375. The summed E-state index contributed by atoms with van der Waals surface area (Å²) in [6, 6.07) is 3.00. The zero-order valence-corrected chi connectivity index (χ0v) is 19.1. The molecule has 1 N–H and O–H groups in total. The lowest BCUT2D eigenvalue weighted by Crippen LogP contribution is -2.30. The number of nitrogens with zero attached hydrogens (tertiary/aromatic N) is 4. The van der Waals surface area contributed by atoms with E-state index >= 15 is 0 Å². The third-order valence-corrected chi connectivity index (χ3v) is 5.72. The molecule has 2 aromatic rings. The van der Waals surface area contributed by atoms with Crippen LogP contribution >= 0.6 is 0 Å². The van der Waals surface area contributed by atoms with Crippen molar-refractivity contribution in [2.24, 2.45) is 4.99 Å². The summed E-state index contributed by atoms with van der Waals surface area (Å²) in [4.78, 5) is 40.1. The van der Waals surface area contributed by atoms with Crippen LogP contribution < -0.4 is 10.1 Å². The summed E-state index contributed by atoms with van der Waals surface area (Å²) >= 11 is 0. The maximum atomic E-state index is 13.1. The molecule has 0 fully saturated rings. The number of amides is 2. The Morgan fingerprint density at radius 3 is 2.82 bits per heavy atom. The van der Waals surface area contributed by atoms with E-state index < -0.39 is 12.5 Å². The number of hydrogen-bond donors (Lipinski definition) is 1. The summed E-state index contributed by atoms with van der Waals surface area (Å²) in [7, 11) is 0. The predicted molar refractivity (Wildman–Crippen MR) is 121 cm³/mol. The summed E-state index contributed by atoms with van der Waals surface area (Å²) in [5.41, 5.74) is 3.37. The molecule has 178 valence electrons. The van der Waals surface area contributed by atoms with Gasteiger partial charge in [-0.25, -0.2) is 13.8 Å². The average Bonchev–Trinajstić information content (AvgIpc) is 3.43. The zero-order chi connectivity index (χ0) is 24.5. The number of halogens is 2. The van der Waals surface area contributed by atoms with E-state index in [0.29, 0.717) is 29.7 Å². The molecule has 1 atom stereocenters. The van der Waals surface area contributed by atoms with Gasteiger partial charge in [-0.2, -0.15) is 0 Å². The Kier molecular flexibility index (Phi) is 6.41. The Morgan fingerprint density at radius 2 is 2.15 bits per heavy atom. The van der Waals surface area contributed by atoms with Crippen molar-refractivity contribution in [1.29, 1.82) is 0 Å². The van der Waals surface area contributed by atoms with Crippen molar-refractivity contribution in [3.8, 4) is 5.88 Å². The highest BCUT2D eigenvalue weighted by Gasteiger charge is 2.35. The van der Waals surface area contributed by atoms with E-state index in [-0.39, 0.29) is 36.0 Å². The van der Waals surface area contributed by atoms with Crippen LogP contribution in [0.5, 0.6) is 5.88 Å². The molecule has 0 spiro atoms. The lowest BCUT2D eigenvalue weighted by molar-refractivity contribution is -0.0244. The van der Waals surface area contributed by atoms with E-state index in [1.165, 1.54) is 12.4 Å². The van der Waals surface area contributed by atoms with E-state index in [9.17, 15) is 18.4 Å². The number of alkyl halides is 2. The van der Waals surface area contributed by atoms with E-state index in [0.717, 1.165) is 18.2 Å². The zero-order valence-electron chi connectivity index (χ0n) is 19.1. The van der Waals surface area contributed by atoms with Crippen LogP contribution in [-0.4, -0.2) is 51.5 Å². The van der Waals surface area contributed by atoms with E-state index in [2.05, 4.69) is 20.3 Å². The molecule has 8 nitrogen and oxygen atoms in total. The Morgan fingerprint density at radius 1 is 1.35 bits per heavy atom. The first-order valence-corrected chi connectivity index (χ1v) is 10.9. The molecule has 0 radical (unpaired) electrons. The van der Waals surface area contributed by atoms with Gasteiger partial charge in [0.1, 0.15) is 5.69 Å². The number of allylic oxidation sites excluding steroid dienone is 1. The minimum absolute atomic E-state index is 0.124. The van der Waals surface area contributed by atoms with Gasteiger partial charge in [-0.1, -0.05) is 6.08 Å². The SMILES string of the molecule is Cc1cc(C(C)N2Cc3c(ccnc3C(=O)NCC3=NC=CC3)C2=O)cnc1OCC(C)(F)F. The molecule has 1 unspecified atom stereocenters. The monoisotopic (exact) mass is 469 g/mol. The number of ether oxygens (including phenoxy) is 1. The van der Waals surface area contributed by atoms with Gasteiger partial charge in [0.05, 0.1) is 12.6 Å². The Labute approximate surface area is 195 Å². The summed E-state index contributed by atoms with van der Waals surface area (Å²) in [5.74, 6) is -3.42. The van der Waals surface area contributed by atoms with Crippen LogP contribution in [0.2, 0.25) is 0 Å². The highest BCUT2D eigenvalue weighted by atomic mass is 19.3. The van der Waals surface area contributed by atoms with Crippen LogP contribution in [-0.2, 0) is 6.54 Å². The van der Waals surface area contributed by atoms with Crippen LogP contribution in [0, 0.1) is 6.92 Å². The van der Waals surface area contributed by atoms with Crippen molar-refractivity contribution in [1.82, 2.24) is 20.2 Å². The molecule has 2 aliphatic heterocycles. The van der Waals surface area contributed by atoms with Crippen LogP contribution in [0.15, 0.2) is 41.8 Å². The second-order valence-electron chi connectivity index (χ2n) is 8.51. The average molecular weight is 469 g/mol. The molecular formula is C24H25F2N5O3. The predicted octanol–water partition coefficient (Wildman–Crippen LogP) is 3.62. The maximum absolute atomic E-state index is 13.1. The summed E-state index contributed by atoms with van der Waals surface area (Å²) in [5, 5.41) is 2.82. The number of aromatic nitrogens is 2. The van der Waals surface area contributed by atoms with Crippen molar-refractivity contribution in [2.45, 2.75) is 45.7 Å². The number of pyridine rings is 2. The fourth-order valence-corrected chi connectivity index (χ4v) is 3.88. The quantitative estimate of drug-likeness (QED) is 0.637. The number of fused-ring (bicyclic) bond motifs is 1. The third-order valence-electron chi connectivity index (χ3n) is 5.72. The number of carbonyl (C=O) groups excluding carboxylic acids is 2. The fourth-order valence-electron chi connectivity index (χ4n) is 3.88. The lowest BCUT2D eigenvalue weighted by atomic mass is 10.1. The molecule has 4 rings (SSSR count). The molecule has 0 saturated heterocycles. The van der Waals surface area contributed by atoms with Gasteiger partial charge in [0, 0.05) is 60.9 Å². The molecule has 2 amide bonds. The summed E-state index contributed by atoms with van der Waals surface area (Å²) in [6.07, 6.45) is 7.27. The molecule has 0 aromatic carbocycles. The van der Waals surface area contributed by atoms with Crippen LogP contribution in [0.4, 0.5) is 8.78 Å². The molecular weight excluding hydrogens is 444 g/mol. The molecule has 2 aliphatic rings. The van der Waals surface area contributed by atoms with Crippen LogP contribution in [0.3, 0.4) is 0 Å². The normalized spacial score (nSPS) is 15.9. The van der Waals surface area contributed by atoms with Gasteiger partial charge < -0.3 is 15.0 Å². The van der Waals surface area contributed by atoms with Gasteiger partial charge >= 0.3 is 0 Å².